The number of nitrogens with zero attached hydrogens (tertiary/aromatic N) is 4. The van der Waals surface area contributed by atoms with Crippen molar-refractivity contribution in [3.05, 3.63) is 57.9 Å². The number of methoxy groups -OCH3 is 1. The van der Waals surface area contributed by atoms with Crippen LogP contribution in [0.4, 0.5) is 5.00 Å². The summed E-state index contributed by atoms with van der Waals surface area (Å²) in [6.07, 6.45) is 1.71. The standard InChI is InChI=1S/C23H24ClN5O4S2/c1-6-10-29-19(14-8-7-9-15(24)11-14)26-27-23(29)34-12-16(30)25-20-17(22(32)33-5)13(2)18(35-20)21(31)28(3)4/h6-9,11H,1,10,12H2,2-5H3,(H,25,30). The van der Waals surface area contributed by atoms with E-state index in [1.165, 1.54) is 23.8 Å². The Morgan fingerprint density at radius 3 is 2.69 bits per heavy atom. The van der Waals surface area contributed by atoms with Crippen LogP contribution in [-0.4, -0.2) is 64.4 Å². The van der Waals surface area contributed by atoms with Crippen LogP contribution in [0.3, 0.4) is 0 Å². The summed E-state index contributed by atoms with van der Waals surface area (Å²) >= 11 is 8.34. The largest absolute Gasteiger partial charge is 0.465 e. The van der Waals surface area contributed by atoms with E-state index in [9.17, 15) is 14.4 Å². The van der Waals surface area contributed by atoms with Gasteiger partial charge in [0.05, 0.1) is 23.3 Å². The van der Waals surface area contributed by atoms with Crippen molar-refractivity contribution in [2.45, 2.75) is 18.6 Å². The number of hydrogen-bond acceptors (Lipinski definition) is 8. The second-order valence-electron chi connectivity index (χ2n) is 7.50. The Morgan fingerprint density at radius 1 is 1.31 bits per heavy atom. The number of anilines is 1. The van der Waals surface area contributed by atoms with Crippen molar-refractivity contribution in [3.8, 4) is 11.4 Å². The second-order valence-corrected chi connectivity index (χ2v) is 9.90. The maximum Gasteiger partial charge on any atom is 0.341 e. The third-order valence-electron chi connectivity index (χ3n) is 4.83. The van der Waals surface area contributed by atoms with Gasteiger partial charge in [-0.25, -0.2) is 4.79 Å². The lowest BCUT2D eigenvalue weighted by atomic mass is 10.1. The fraction of sp³-hybridized carbons (Fsp3) is 0.261. The SMILES string of the molecule is C=CCn1c(SCC(=O)Nc2sc(C(=O)N(C)C)c(C)c2C(=O)OC)nnc1-c1cccc(Cl)c1. The number of thioether (sulfide) groups is 1. The highest BCUT2D eigenvalue weighted by atomic mass is 35.5. The molecule has 1 aromatic carbocycles. The summed E-state index contributed by atoms with van der Waals surface area (Å²) < 4.78 is 6.70. The number of ether oxygens (including phenoxy) is 1. The molecule has 0 spiro atoms. The van der Waals surface area contributed by atoms with Crippen LogP contribution < -0.4 is 5.32 Å². The van der Waals surface area contributed by atoms with E-state index in [2.05, 4.69) is 22.1 Å². The highest BCUT2D eigenvalue weighted by Crippen LogP contribution is 2.34. The van der Waals surface area contributed by atoms with Crippen LogP contribution in [0.15, 0.2) is 42.1 Å². The Hall–Kier alpha value is -3.15. The summed E-state index contributed by atoms with van der Waals surface area (Å²) in [7, 11) is 4.48. The van der Waals surface area contributed by atoms with E-state index in [1.807, 2.05) is 16.7 Å². The van der Waals surface area contributed by atoms with E-state index >= 15 is 0 Å². The van der Waals surface area contributed by atoms with Crippen LogP contribution in [0, 0.1) is 6.92 Å². The minimum atomic E-state index is -0.628. The number of carbonyl (C=O) groups excluding carboxylic acids is 3. The molecule has 0 unspecified atom stereocenters. The lowest BCUT2D eigenvalue weighted by Crippen LogP contribution is -2.21. The van der Waals surface area contributed by atoms with Crippen molar-refractivity contribution in [2.75, 3.05) is 32.3 Å². The number of amides is 2. The summed E-state index contributed by atoms with van der Waals surface area (Å²) in [5.74, 6) is -0.666. The van der Waals surface area contributed by atoms with Crippen molar-refractivity contribution in [3.63, 3.8) is 0 Å². The molecule has 0 aliphatic carbocycles. The summed E-state index contributed by atoms with van der Waals surface area (Å²) in [4.78, 5) is 39.4. The topological polar surface area (TPSA) is 106 Å². The number of nitrogens with one attached hydrogen (secondary N) is 1. The molecule has 0 bridgehead atoms. The third kappa shape index (κ3) is 5.92. The average Bonchev–Trinajstić information content (AvgIpc) is 3.37. The quantitative estimate of drug-likeness (QED) is 0.247. The molecule has 3 aromatic rings. The predicted octanol–water partition coefficient (Wildman–Crippen LogP) is 4.37. The minimum absolute atomic E-state index is 0.000652. The molecule has 184 valence electrons. The summed E-state index contributed by atoms with van der Waals surface area (Å²) in [5, 5.41) is 12.6. The number of allylic oxidation sites excluding steroid dienone is 1. The van der Waals surface area contributed by atoms with Crippen LogP contribution >= 0.6 is 34.7 Å². The Kier molecular flexibility index (Phi) is 8.71. The fourth-order valence-electron chi connectivity index (χ4n) is 3.18. The molecule has 0 saturated carbocycles. The number of hydrogen-bond donors (Lipinski definition) is 1. The minimum Gasteiger partial charge on any atom is -0.465 e. The smallest absolute Gasteiger partial charge is 0.341 e. The van der Waals surface area contributed by atoms with Gasteiger partial charge in [0, 0.05) is 31.2 Å². The zero-order valence-electron chi connectivity index (χ0n) is 19.6. The zero-order chi connectivity index (χ0) is 25.7. The molecule has 2 aromatic heterocycles. The first kappa shape index (κ1) is 26.5. The molecule has 35 heavy (non-hydrogen) atoms. The molecule has 0 aliphatic heterocycles. The van der Waals surface area contributed by atoms with Gasteiger partial charge in [0.15, 0.2) is 11.0 Å². The monoisotopic (exact) mass is 533 g/mol. The van der Waals surface area contributed by atoms with E-state index < -0.39 is 5.97 Å². The molecular weight excluding hydrogens is 510 g/mol. The van der Waals surface area contributed by atoms with Crippen LogP contribution in [0.5, 0.6) is 0 Å². The van der Waals surface area contributed by atoms with Crippen molar-refractivity contribution in [1.82, 2.24) is 19.7 Å². The number of rotatable bonds is 9. The summed E-state index contributed by atoms with van der Waals surface area (Å²) in [6.45, 7) is 5.87. The fourth-order valence-corrected chi connectivity index (χ4v) is 5.35. The van der Waals surface area contributed by atoms with Gasteiger partial charge in [0.2, 0.25) is 5.91 Å². The zero-order valence-corrected chi connectivity index (χ0v) is 22.0. The van der Waals surface area contributed by atoms with Crippen molar-refractivity contribution in [1.29, 1.82) is 0 Å². The van der Waals surface area contributed by atoms with Crippen molar-refractivity contribution < 1.29 is 19.1 Å². The van der Waals surface area contributed by atoms with Crippen LogP contribution in [0.2, 0.25) is 5.02 Å². The molecule has 0 radical (unpaired) electrons. The van der Waals surface area contributed by atoms with Gasteiger partial charge < -0.3 is 15.0 Å². The molecule has 2 heterocycles. The van der Waals surface area contributed by atoms with Gasteiger partial charge in [-0.05, 0) is 24.6 Å². The molecule has 0 fully saturated rings. The molecular formula is C23H24ClN5O4S2. The molecule has 0 atom stereocenters. The van der Waals surface area contributed by atoms with Gasteiger partial charge in [0.1, 0.15) is 5.00 Å². The number of benzene rings is 1. The van der Waals surface area contributed by atoms with Gasteiger partial charge in [-0.1, -0.05) is 41.6 Å². The van der Waals surface area contributed by atoms with Gasteiger partial charge >= 0.3 is 5.97 Å². The van der Waals surface area contributed by atoms with Gasteiger partial charge in [-0.2, -0.15) is 0 Å². The molecule has 0 saturated heterocycles. The first-order chi connectivity index (χ1) is 16.7. The van der Waals surface area contributed by atoms with Gasteiger partial charge in [-0.15, -0.1) is 28.1 Å². The van der Waals surface area contributed by atoms with E-state index in [4.69, 9.17) is 16.3 Å². The number of aromatic nitrogens is 3. The van der Waals surface area contributed by atoms with Gasteiger partial charge in [-0.3, -0.25) is 14.2 Å². The van der Waals surface area contributed by atoms with Crippen LogP contribution in [0.1, 0.15) is 25.6 Å². The average molecular weight is 534 g/mol. The summed E-state index contributed by atoms with van der Waals surface area (Å²) in [5.41, 5.74) is 1.41. The number of thiophene rings is 1. The number of esters is 1. The Labute approximate surface area is 216 Å². The molecule has 9 nitrogen and oxygen atoms in total. The van der Waals surface area contributed by atoms with Crippen molar-refractivity contribution in [2.24, 2.45) is 0 Å². The van der Waals surface area contributed by atoms with Crippen LogP contribution in [0.25, 0.3) is 11.4 Å². The third-order valence-corrected chi connectivity index (χ3v) is 7.23. The lowest BCUT2D eigenvalue weighted by molar-refractivity contribution is -0.113. The second kappa shape index (κ2) is 11.5. The van der Waals surface area contributed by atoms with E-state index in [0.29, 0.717) is 33.0 Å². The highest BCUT2D eigenvalue weighted by molar-refractivity contribution is 7.99. The first-order valence-electron chi connectivity index (χ1n) is 10.3. The number of halogens is 1. The highest BCUT2D eigenvalue weighted by Gasteiger charge is 2.27. The first-order valence-corrected chi connectivity index (χ1v) is 12.5. The normalized spacial score (nSPS) is 10.7. The van der Waals surface area contributed by atoms with E-state index in [0.717, 1.165) is 16.9 Å². The predicted molar refractivity (Wildman–Crippen MR) is 138 cm³/mol. The molecule has 1 N–H and O–H groups in total. The number of carbonyl (C=O) groups is 3. The molecule has 3 rings (SSSR count). The van der Waals surface area contributed by atoms with E-state index in [1.54, 1.807) is 39.2 Å². The van der Waals surface area contributed by atoms with E-state index in [-0.39, 0.29) is 28.1 Å². The molecule has 2 amide bonds. The maximum absolute atomic E-state index is 12.8. The van der Waals surface area contributed by atoms with Crippen molar-refractivity contribution >= 4 is 57.5 Å². The van der Waals surface area contributed by atoms with Gasteiger partial charge in [0.25, 0.3) is 5.91 Å². The lowest BCUT2D eigenvalue weighted by Gasteiger charge is -2.09. The van der Waals surface area contributed by atoms with Crippen LogP contribution in [-0.2, 0) is 16.1 Å². The summed E-state index contributed by atoms with van der Waals surface area (Å²) in [6, 6.07) is 7.25. The molecule has 12 heteroatoms. The maximum atomic E-state index is 12.8. The Balaban J connectivity index is 1.81. The Bertz CT molecular complexity index is 1280. The molecule has 0 aliphatic rings. The Morgan fingerprint density at radius 2 is 2.06 bits per heavy atom.